The number of rotatable bonds is 4. The molecule has 0 saturated heterocycles. The van der Waals surface area contributed by atoms with Crippen LogP contribution in [0.25, 0.3) is 0 Å². The Kier molecular flexibility index (Phi) is 3.22. The van der Waals surface area contributed by atoms with E-state index in [1.54, 1.807) is 4.90 Å². The number of aromatic hydroxyl groups is 2. The molecule has 1 saturated carbocycles. The molecule has 0 aromatic heterocycles. The smallest absolute Gasteiger partial charge is 0.257 e. The average Bonchev–Trinajstić information content (AvgIpc) is 3.09. The standard InChI is InChI=1S/C13H17NO3/c1-2-14(8-9-3-4-9)13(17)11-6-5-10(15)7-12(11)16/h5-7,9,15-16H,2-4,8H2,1H3. The molecule has 1 amide bonds. The Morgan fingerprint density at radius 2 is 2.12 bits per heavy atom. The minimum absolute atomic E-state index is 0.0377. The van der Waals surface area contributed by atoms with Gasteiger partial charge in [-0.05, 0) is 37.8 Å². The minimum Gasteiger partial charge on any atom is -0.508 e. The number of nitrogens with zero attached hydrogens (tertiary/aromatic N) is 1. The zero-order valence-electron chi connectivity index (χ0n) is 9.89. The predicted molar refractivity (Wildman–Crippen MR) is 64.1 cm³/mol. The van der Waals surface area contributed by atoms with E-state index in [-0.39, 0.29) is 23.0 Å². The lowest BCUT2D eigenvalue weighted by Crippen LogP contribution is -2.32. The normalized spacial score (nSPS) is 14.6. The van der Waals surface area contributed by atoms with Crippen molar-refractivity contribution < 1.29 is 15.0 Å². The summed E-state index contributed by atoms with van der Waals surface area (Å²) in [5.74, 6) is 0.253. The van der Waals surface area contributed by atoms with Gasteiger partial charge in [0.25, 0.3) is 5.91 Å². The Hall–Kier alpha value is -1.71. The first-order chi connectivity index (χ1) is 8.11. The summed E-state index contributed by atoms with van der Waals surface area (Å²) in [5.41, 5.74) is 0.255. The molecule has 4 heteroatoms. The number of carbonyl (C=O) groups is 1. The lowest BCUT2D eigenvalue weighted by Gasteiger charge is -2.21. The van der Waals surface area contributed by atoms with E-state index in [4.69, 9.17) is 0 Å². The fourth-order valence-corrected chi connectivity index (χ4v) is 1.84. The van der Waals surface area contributed by atoms with Gasteiger partial charge in [0.1, 0.15) is 11.5 Å². The zero-order valence-corrected chi connectivity index (χ0v) is 9.89. The van der Waals surface area contributed by atoms with Gasteiger partial charge in [-0.15, -0.1) is 0 Å². The van der Waals surface area contributed by atoms with Crippen molar-refractivity contribution in [3.8, 4) is 11.5 Å². The van der Waals surface area contributed by atoms with Crippen LogP contribution in [0.15, 0.2) is 18.2 Å². The molecule has 0 aliphatic heterocycles. The van der Waals surface area contributed by atoms with Crippen LogP contribution < -0.4 is 0 Å². The van der Waals surface area contributed by atoms with E-state index < -0.39 is 0 Å². The largest absolute Gasteiger partial charge is 0.508 e. The second-order valence-electron chi connectivity index (χ2n) is 4.49. The molecule has 17 heavy (non-hydrogen) atoms. The predicted octanol–water partition coefficient (Wildman–Crippen LogP) is 1.97. The van der Waals surface area contributed by atoms with E-state index in [0.717, 1.165) is 6.54 Å². The van der Waals surface area contributed by atoms with Crippen LogP contribution in [-0.4, -0.2) is 34.1 Å². The second-order valence-corrected chi connectivity index (χ2v) is 4.49. The number of phenols is 2. The van der Waals surface area contributed by atoms with E-state index in [2.05, 4.69) is 0 Å². The van der Waals surface area contributed by atoms with E-state index in [0.29, 0.717) is 12.5 Å². The molecule has 0 unspecified atom stereocenters. The zero-order chi connectivity index (χ0) is 12.4. The molecule has 2 rings (SSSR count). The van der Waals surface area contributed by atoms with E-state index in [9.17, 15) is 15.0 Å². The van der Waals surface area contributed by atoms with Gasteiger partial charge in [-0.3, -0.25) is 4.79 Å². The number of hydrogen-bond donors (Lipinski definition) is 2. The van der Waals surface area contributed by atoms with Crippen molar-refractivity contribution in [3.63, 3.8) is 0 Å². The number of hydrogen-bond acceptors (Lipinski definition) is 3. The van der Waals surface area contributed by atoms with Crippen molar-refractivity contribution in [1.82, 2.24) is 4.90 Å². The molecule has 1 fully saturated rings. The first kappa shape index (κ1) is 11.8. The highest BCUT2D eigenvalue weighted by Crippen LogP contribution is 2.31. The molecule has 0 heterocycles. The number of phenolic OH excluding ortho intramolecular Hbond substituents is 2. The summed E-state index contributed by atoms with van der Waals surface area (Å²) >= 11 is 0. The summed E-state index contributed by atoms with van der Waals surface area (Å²) in [6, 6.07) is 4.07. The van der Waals surface area contributed by atoms with Crippen LogP contribution in [-0.2, 0) is 0 Å². The van der Waals surface area contributed by atoms with Gasteiger partial charge >= 0.3 is 0 Å². The van der Waals surface area contributed by atoms with Crippen molar-refractivity contribution in [2.45, 2.75) is 19.8 Å². The SMILES string of the molecule is CCN(CC1CC1)C(=O)c1ccc(O)cc1O. The Morgan fingerprint density at radius 1 is 1.41 bits per heavy atom. The maximum atomic E-state index is 12.2. The van der Waals surface area contributed by atoms with Crippen molar-refractivity contribution in [2.75, 3.05) is 13.1 Å². The van der Waals surface area contributed by atoms with E-state index in [1.165, 1.54) is 31.0 Å². The molecule has 1 aromatic carbocycles. The molecule has 2 N–H and O–H groups in total. The van der Waals surface area contributed by atoms with Gasteiger partial charge in [0.2, 0.25) is 0 Å². The van der Waals surface area contributed by atoms with E-state index in [1.807, 2.05) is 6.92 Å². The molecular formula is C13H17NO3. The van der Waals surface area contributed by atoms with Gasteiger partial charge in [-0.1, -0.05) is 0 Å². The lowest BCUT2D eigenvalue weighted by molar-refractivity contribution is 0.0754. The molecular weight excluding hydrogens is 218 g/mol. The van der Waals surface area contributed by atoms with Crippen LogP contribution in [0.4, 0.5) is 0 Å². The first-order valence-electron chi connectivity index (χ1n) is 5.93. The molecule has 1 aliphatic rings. The van der Waals surface area contributed by atoms with Gasteiger partial charge < -0.3 is 15.1 Å². The molecule has 1 aromatic rings. The fourth-order valence-electron chi connectivity index (χ4n) is 1.84. The number of benzene rings is 1. The quantitative estimate of drug-likeness (QED) is 0.838. The van der Waals surface area contributed by atoms with Crippen LogP contribution >= 0.6 is 0 Å². The molecule has 4 nitrogen and oxygen atoms in total. The third-order valence-corrected chi connectivity index (χ3v) is 3.06. The van der Waals surface area contributed by atoms with Crippen molar-refractivity contribution >= 4 is 5.91 Å². The van der Waals surface area contributed by atoms with Crippen molar-refractivity contribution in [1.29, 1.82) is 0 Å². The molecule has 0 bridgehead atoms. The van der Waals surface area contributed by atoms with Crippen LogP contribution in [0.1, 0.15) is 30.1 Å². The van der Waals surface area contributed by atoms with Crippen molar-refractivity contribution in [3.05, 3.63) is 23.8 Å². The highest BCUT2D eigenvalue weighted by Gasteiger charge is 2.27. The first-order valence-corrected chi connectivity index (χ1v) is 5.93. The Morgan fingerprint density at radius 3 is 2.65 bits per heavy atom. The Bertz CT molecular complexity index is 427. The van der Waals surface area contributed by atoms with Crippen LogP contribution in [0.3, 0.4) is 0 Å². The molecule has 1 aliphatic carbocycles. The maximum absolute atomic E-state index is 12.2. The maximum Gasteiger partial charge on any atom is 0.257 e. The fraction of sp³-hybridized carbons (Fsp3) is 0.462. The Labute approximate surface area is 100 Å². The lowest BCUT2D eigenvalue weighted by atomic mass is 10.1. The summed E-state index contributed by atoms with van der Waals surface area (Å²) < 4.78 is 0. The summed E-state index contributed by atoms with van der Waals surface area (Å²) in [7, 11) is 0. The van der Waals surface area contributed by atoms with Gasteiger partial charge in [-0.2, -0.15) is 0 Å². The van der Waals surface area contributed by atoms with Gasteiger partial charge in [-0.25, -0.2) is 0 Å². The summed E-state index contributed by atoms with van der Waals surface area (Å²) in [6.07, 6.45) is 2.37. The molecule has 92 valence electrons. The Balaban J connectivity index is 2.15. The third-order valence-electron chi connectivity index (χ3n) is 3.06. The molecule has 0 atom stereocenters. The average molecular weight is 235 g/mol. The minimum atomic E-state index is -0.170. The summed E-state index contributed by atoms with van der Waals surface area (Å²) in [6.45, 7) is 3.32. The van der Waals surface area contributed by atoms with Gasteiger partial charge in [0.05, 0.1) is 5.56 Å². The number of amides is 1. The number of carbonyl (C=O) groups excluding carboxylic acids is 1. The van der Waals surface area contributed by atoms with Gasteiger partial charge in [0, 0.05) is 19.2 Å². The van der Waals surface area contributed by atoms with Crippen molar-refractivity contribution in [2.24, 2.45) is 5.92 Å². The third kappa shape index (κ3) is 2.70. The highest BCUT2D eigenvalue weighted by atomic mass is 16.3. The monoisotopic (exact) mass is 235 g/mol. The second kappa shape index (κ2) is 4.65. The highest BCUT2D eigenvalue weighted by molar-refractivity contribution is 5.97. The molecule has 0 spiro atoms. The van der Waals surface area contributed by atoms with E-state index >= 15 is 0 Å². The summed E-state index contributed by atoms with van der Waals surface area (Å²) in [5, 5.41) is 18.8. The van der Waals surface area contributed by atoms with Crippen LogP contribution in [0, 0.1) is 5.92 Å². The van der Waals surface area contributed by atoms with Crippen LogP contribution in [0.5, 0.6) is 11.5 Å². The van der Waals surface area contributed by atoms with Gasteiger partial charge in [0.15, 0.2) is 0 Å². The van der Waals surface area contributed by atoms with Crippen LogP contribution in [0.2, 0.25) is 0 Å². The summed E-state index contributed by atoms with van der Waals surface area (Å²) in [4.78, 5) is 13.9. The molecule has 0 radical (unpaired) electrons. The topological polar surface area (TPSA) is 60.8 Å².